The van der Waals surface area contributed by atoms with Crippen molar-refractivity contribution in [1.82, 2.24) is 9.88 Å². The van der Waals surface area contributed by atoms with Crippen molar-refractivity contribution in [3.63, 3.8) is 0 Å². The summed E-state index contributed by atoms with van der Waals surface area (Å²) in [6, 6.07) is 2.63. The Morgan fingerprint density at radius 2 is 2.38 bits per heavy atom. The van der Waals surface area contributed by atoms with Gasteiger partial charge in [0.1, 0.15) is 0 Å². The molecule has 0 radical (unpaired) electrons. The Balaban J connectivity index is 1.99. The molecule has 88 valence electrons. The van der Waals surface area contributed by atoms with Crippen LogP contribution in [0.2, 0.25) is 0 Å². The molecule has 16 heavy (non-hydrogen) atoms. The summed E-state index contributed by atoms with van der Waals surface area (Å²) in [5, 5.41) is 0. The van der Waals surface area contributed by atoms with Gasteiger partial charge in [0.15, 0.2) is 0 Å². The summed E-state index contributed by atoms with van der Waals surface area (Å²) in [4.78, 5) is 8.78. The highest BCUT2D eigenvalue weighted by atomic mass is 15.2. The van der Waals surface area contributed by atoms with Gasteiger partial charge >= 0.3 is 0 Å². The van der Waals surface area contributed by atoms with E-state index in [1.807, 2.05) is 12.3 Å². The molecule has 4 heteroatoms. The summed E-state index contributed by atoms with van der Waals surface area (Å²) in [6.45, 7) is 2.26. The first-order chi connectivity index (χ1) is 7.66. The SMILES string of the molecule is CN(CC1CCCN1C)c1cncc(N)c1. The van der Waals surface area contributed by atoms with Gasteiger partial charge in [0, 0.05) is 25.8 Å². The summed E-state index contributed by atoms with van der Waals surface area (Å²) < 4.78 is 0. The van der Waals surface area contributed by atoms with Crippen LogP contribution in [0.15, 0.2) is 18.5 Å². The molecule has 1 aliphatic rings. The Bertz CT molecular complexity index is 353. The lowest BCUT2D eigenvalue weighted by Crippen LogP contribution is -2.36. The molecule has 4 nitrogen and oxygen atoms in total. The Morgan fingerprint density at radius 1 is 1.56 bits per heavy atom. The first-order valence-corrected chi connectivity index (χ1v) is 5.78. The minimum Gasteiger partial charge on any atom is -0.397 e. The van der Waals surface area contributed by atoms with Gasteiger partial charge in [-0.2, -0.15) is 0 Å². The van der Waals surface area contributed by atoms with Crippen LogP contribution in [0.5, 0.6) is 0 Å². The lowest BCUT2D eigenvalue weighted by Gasteiger charge is -2.27. The zero-order chi connectivity index (χ0) is 11.5. The molecular weight excluding hydrogens is 200 g/mol. The molecule has 0 bridgehead atoms. The van der Waals surface area contributed by atoms with Crippen LogP contribution in [-0.2, 0) is 0 Å². The number of aromatic nitrogens is 1. The second-order valence-electron chi connectivity index (χ2n) is 4.63. The topological polar surface area (TPSA) is 45.4 Å². The van der Waals surface area contributed by atoms with Crippen molar-refractivity contribution in [2.24, 2.45) is 0 Å². The molecule has 2 N–H and O–H groups in total. The van der Waals surface area contributed by atoms with Crippen molar-refractivity contribution < 1.29 is 0 Å². The Kier molecular flexibility index (Phi) is 3.29. The molecule has 0 spiro atoms. The fraction of sp³-hybridized carbons (Fsp3) is 0.583. The first kappa shape index (κ1) is 11.2. The summed E-state index contributed by atoms with van der Waals surface area (Å²) in [5.74, 6) is 0. The molecule has 1 fully saturated rings. The van der Waals surface area contributed by atoms with Crippen LogP contribution in [0.3, 0.4) is 0 Å². The van der Waals surface area contributed by atoms with E-state index < -0.39 is 0 Å². The van der Waals surface area contributed by atoms with Gasteiger partial charge in [0.25, 0.3) is 0 Å². The Labute approximate surface area is 97.1 Å². The number of nitrogen functional groups attached to an aromatic ring is 1. The summed E-state index contributed by atoms with van der Waals surface area (Å²) in [7, 11) is 4.30. The normalized spacial score (nSPS) is 21.2. The zero-order valence-electron chi connectivity index (χ0n) is 10.1. The van der Waals surface area contributed by atoms with Gasteiger partial charge in [0.05, 0.1) is 17.6 Å². The van der Waals surface area contributed by atoms with Gasteiger partial charge in [-0.3, -0.25) is 4.98 Å². The van der Waals surface area contributed by atoms with Crippen molar-refractivity contribution >= 4 is 11.4 Å². The predicted octanol–water partition coefficient (Wildman–Crippen LogP) is 1.19. The van der Waals surface area contributed by atoms with Crippen LogP contribution in [0.4, 0.5) is 11.4 Å². The van der Waals surface area contributed by atoms with Crippen molar-refractivity contribution in [3.05, 3.63) is 18.5 Å². The summed E-state index contributed by atoms with van der Waals surface area (Å²) in [6.07, 6.45) is 6.14. The Morgan fingerprint density at radius 3 is 3.00 bits per heavy atom. The third kappa shape index (κ3) is 2.44. The predicted molar refractivity (Wildman–Crippen MR) is 67.6 cm³/mol. The number of likely N-dealkylation sites (N-methyl/N-ethyl adjacent to an activating group) is 2. The number of nitrogens with zero attached hydrogens (tertiary/aromatic N) is 3. The van der Waals surface area contributed by atoms with E-state index in [0.29, 0.717) is 6.04 Å². The van der Waals surface area contributed by atoms with Crippen LogP contribution in [0, 0.1) is 0 Å². The fourth-order valence-corrected chi connectivity index (χ4v) is 2.29. The highest BCUT2D eigenvalue weighted by Crippen LogP contribution is 2.19. The van der Waals surface area contributed by atoms with E-state index in [1.54, 1.807) is 6.20 Å². The lowest BCUT2D eigenvalue weighted by atomic mass is 10.2. The van der Waals surface area contributed by atoms with Crippen LogP contribution in [0.1, 0.15) is 12.8 Å². The number of nitrogens with two attached hydrogens (primary N) is 1. The van der Waals surface area contributed by atoms with E-state index in [0.717, 1.165) is 17.9 Å². The molecule has 1 aromatic heterocycles. The fourth-order valence-electron chi connectivity index (χ4n) is 2.29. The van der Waals surface area contributed by atoms with E-state index in [2.05, 4.69) is 28.9 Å². The highest BCUT2D eigenvalue weighted by Gasteiger charge is 2.22. The minimum absolute atomic E-state index is 0.659. The van der Waals surface area contributed by atoms with Gasteiger partial charge in [0.2, 0.25) is 0 Å². The van der Waals surface area contributed by atoms with Gasteiger partial charge in [-0.1, -0.05) is 0 Å². The number of anilines is 2. The molecule has 1 unspecified atom stereocenters. The molecule has 1 aromatic rings. The average molecular weight is 220 g/mol. The number of hydrogen-bond donors (Lipinski definition) is 1. The van der Waals surface area contributed by atoms with Crippen LogP contribution < -0.4 is 10.6 Å². The van der Waals surface area contributed by atoms with Gasteiger partial charge in [-0.25, -0.2) is 0 Å². The average Bonchev–Trinajstić information content (AvgIpc) is 2.64. The molecule has 0 aliphatic carbocycles. The lowest BCUT2D eigenvalue weighted by molar-refractivity contribution is 0.314. The van der Waals surface area contributed by atoms with E-state index >= 15 is 0 Å². The van der Waals surface area contributed by atoms with Crippen LogP contribution >= 0.6 is 0 Å². The first-order valence-electron chi connectivity index (χ1n) is 5.78. The molecule has 0 saturated carbocycles. The molecule has 0 aromatic carbocycles. The number of likely N-dealkylation sites (tertiary alicyclic amines) is 1. The van der Waals surface area contributed by atoms with E-state index in [4.69, 9.17) is 5.73 Å². The van der Waals surface area contributed by atoms with E-state index in [1.165, 1.54) is 19.4 Å². The quantitative estimate of drug-likeness (QED) is 0.831. The van der Waals surface area contributed by atoms with Gasteiger partial charge in [-0.05, 0) is 32.5 Å². The largest absolute Gasteiger partial charge is 0.397 e. The third-order valence-electron chi connectivity index (χ3n) is 3.34. The van der Waals surface area contributed by atoms with Crippen molar-refractivity contribution in [2.45, 2.75) is 18.9 Å². The second kappa shape index (κ2) is 4.70. The van der Waals surface area contributed by atoms with Crippen LogP contribution in [-0.4, -0.2) is 43.1 Å². The smallest absolute Gasteiger partial charge is 0.0571 e. The van der Waals surface area contributed by atoms with Crippen LogP contribution in [0.25, 0.3) is 0 Å². The standard InChI is InChI=1S/C12H20N4/c1-15-5-3-4-11(15)9-16(2)12-6-10(13)7-14-8-12/h6-8,11H,3-5,9,13H2,1-2H3. The number of hydrogen-bond acceptors (Lipinski definition) is 4. The molecule has 1 aliphatic heterocycles. The second-order valence-corrected chi connectivity index (χ2v) is 4.63. The van der Waals surface area contributed by atoms with Gasteiger partial charge < -0.3 is 15.5 Å². The van der Waals surface area contributed by atoms with Crippen molar-refractivity contribution in [1.29, 1.82) is 0 Å². The molecule has 0 amide bonds. The third-order valence-corrected chi connectivity index (χ3v) is 3.34. The minimum atomic E-state index is 0.659. The Hall–Kier alpha value is -1.29. The maximum absolute atomic E-state index is 5.73. The molecule has 2 rings (SSSR count). The summed E-state index contributed by atoms with van der Waals surface area (Å²) in [5.41, 5.74) is 7.56. The van der Waals surface area contributed by atoms with Gasteiger partial charge in [-0.15, -0.1) is 0 Å². The number of rotatable bonds is 3. The molecule has 1 atom stereocenters. The highest BCUT2D eigenvalue weighted by molar-refractivity contribution is 5.52. The van der Waals surface area contributed by atoms with E-state index in [-0.39, 0.29) is 0 Å². The van der Waals surface area contributed by atoms with Crippen molar-refractivity contribution in [2.75, 3.05) is 37.8 Å². The maximum atomic E-state index is 5.73. The maximum Gasteiger partial charge on any atom is 0.0571 e. The van der Waals surface area contributed by atoms with Crippen molar-refractivity contribution in [3.8, 4) is 0 Å². The molecular formula is C12H20N4. The zero-order valence-corrected chi connectivity index (χ0v) is 10.1. The van der Waals surface area contributed by atoms with E-state index in [9.17, 15) is 0 Å². The monoisotopic (exact) mass is 220 g/mol. The summed E-state index contributed by atoms with van der Waals surface area (Å²) >= 11 is 0. The molecule has 1 saturated heterocycles. The number of pyridine rings is 1. The molecule has 2 heterocycles.